The number of thiazole rings is 1. The summed E-state index contributed by atoms with van der Waals surface area (Å²) in [6, 6.07) is -0.405. The Morgan fingerprint density at radius 2 is 2.50 bits per heavy atom. The number of rotatable bonds is 3. The van der Waals surface area contributed by atoms with Crippen molar-refractivity contribution in [3.63, 3.8) is 0 Å². The average molecular weight is 185 g/mol. The van der Waals surface area contributed by atoms with Gasteiger partial charge in [0.05, 0.1) is 16.1 Å². The lowest BCUT2D eigenvalue weighted by Crippen LogP contribution is -2.30. The molecule has 0 saturated heterocycles. The summed E-state index contributed by atoms with van der Waals surface area (Å²) < 4.78 is 0. The largest absolute Gasteiger partial charge is 0.368 e. The molecule has 1 unspecified atom stereocenters. The lowest BCUT2D eigenvalue weighted by molar-refractivity contribution is -0.119. The number of aryl methyl sites for hydroxylation is 1. The van der Waals surface area contributed by atoms with E-state index in [1.165, 1.54) is 11.3 Å². The molecule has 0 saturated carbocycles. The molecule has 1 rings (SSSR count). The van der Waals surface area contributed by atoms with Crippen molar-refractivity contribution in [2.75, 3.05) is 7.05 Å². The smallest absolute Gasteiger partial charge is 0.240 e. The second-order valence-electron chi connectivity index (χ2n) is 2.43. The second-order valence-corrected chi connectivity index (χ2v) is 3.31. The van der Waals surface area contributed by atoms with Gasteiger partial charge in [0.2, 0.25) is 5.91 Å². The molecule has 1 aromatic rings. The highest BCUT2D eigenvalue weighted by Crippen LogP contribution is 2.20. The molecular formula is C7H11N3OS. The Hall–Kier alpha value is -0.940. The maximum absolute atomic E-state index is 10.9. The van der Waals surface area contributed by atoms with Crippen LogP contribution in [0.1, 0.15) is 16.6 Å². The van der Waals surface area contributed by atoms with Gasteiger partial charge in [0.25, 0.3) is 0 Å². The highest BCUT2D eigenvalue weighted by atomic mass is 32.1. The van der Waals surface area contributed by atoms with E-state index in [4.69, 9.17) is 5.73 Å². The van der Waals surface area contributed by atoms with Crippen molar-refractivity contribution < 1.29 is 4.79 Å². The standard InChI is InChI=1S/C7H11N3OS/c1-4-6(12-3-10-4)5(9-2)7(8)11/h3,5,9H,1-2H3,(H2,8,11). The third kappa shape index (κ3) is 1.62. The number of hydrogen-bond acceptors (Lipinski definition) is 4. The van der Waals surface area contributed by atoms with E-state index in [9.17, 15) is 4.79 Å². The zero-order valence-electron chi connectivity index (χ0n) is 7.00. The van der Waals surface area contributed by atoms with Gasteiger partial charge >= 0.3 is 0 Å². The molecule has 1 heterocycles. The molecule has 0 bridgehead atoms. The predicted molar refractivity (Wildman–Crippen MR) is 47.8 cm³/mol. The molecule has 1 atom stereocenters. The van der Waals surface area contributed by atoms with Crippen LogP contribution in [-0.2, 0) is 4.79 Å². The number of primary amides is 1. The zero-order chi connectivity index (χ0) is 9.14. The van der Waals surface area contributed by atoms with Crippen LogP contribution in [0.4, 0.5) is 0 Å². The summed E-state index contributed by atoms with van der Waals surface area (Å²) in [5.74, 6) is -0.371. The molecule has 1 amide bonds. The van der Waals surface area contributed by atoms with Gasteiger partial charge in [-0.3, -0.25) is 4.79 Å². The summed E-state index contributed by atoms with van der Waals surface area (Å²) >= 11 is 1.44. The first-order valence-corrected chi connectivity index (χ1v) is 4.41. The first-order chi connectivity index (χ1) is 5.66. The van der Waals surface area contributed by atoms with E-state index in [1.54, 1.807) is 12.6 Å². The van der Waals surface area contributed by atoms with Crippen molar-refractivity contribution in [3.05, 3.63) is 16.1 Å². The predicted octanol–water partition coefficient (Wildman–Crippen LogP) is 0.197. The van der Waals surface area contributed by atoms with Crippen molar-refractivity contribution in [1.82, 2.24) is 10.3 Å². The summed E-state index contributed by atoms with van der Waals surface area (Å²) in [6.45, 7) is 1.86. The number of carbonyl (C=O) groups is 1. The highest BCUT2D eigenvalue weighted by Gasteiger charge is 2.18. The summed E-state index contributed by atoms with van der Waals surface area (Å²) in [4.78, 5) is 15.9. The van der Waals surface area contributed by atoms with Crippen molar-refractivity contribution in [2.45, 2.75) is 13.0 Å². The molecule has 0 aliphatic heterocycles. The summed E-state index contributed by atoms with van der Waals surface area (Å²) in [6.07, 6.45) is 0. The molecule has 12 heavy (non-hydrogen) atoms. The quantitative estimate of drug-likeness (QED) is 0.706. The van der Waals surface area contributed by atoms with Crippen LogP contribution in [0.25, 0.3) is 0 Å². The van der Waals surface area contributed by atoms with E-state index < -0.39 is 6.04 Å². The van der Waals surface area contributed by atoms with E-state index in [0.717, 1.165) is 10.6 Å². The van der Waals surface area contributed by atoms with E-state index in [-0.39, 0.29) is 5.91 Å². The molecule has 1 aromatic heterocycles. The first kappa shape index (κ1) is 9.15. The van der Waals surface area contributed by atoms with Gasteiger partial charge < -0.3 is 11.1 Å². The number of nitrogens with two attached hydrogens (primary N) is 1. The molecule has 5 heteroatoms. The fourth-order valence-corrected chi connectivity index (χ4v) is 1.91. The molecule has 0 aliphatic rings. The minimum atomic E-state index is -0.405. The van der Waals surface area contributed by atoms with Gasteiger partial charge in [0, 0.05) is 0 Å². The second kappa shape index (κ2) is 3.64. The summed E-state index contributed by atoms with van der Waals surface area (Å²) in [7, 11) is 1.70. The number of likely N-dealkylation sites (N-methyl/N-ethyl adjacent to an activating group) is 1. The van der Waals surface area contributed by atoms with Gasteiger partial charge in [0.15, 0.2) is 0 Å². The molecule has 3 N–H and O–H groups in total. The number of carbonyl (C=O) groups excluding carboxylic acids is 1. The van der Waals surface area contributed by atoms with Crippen LogP contribution in [0.2, 0.25) is 0 Å². The minimum absolute atomic E-state index is 0.371. The Morgan fingerprint density at radius 1 is 1.83 bits per heavy atom. The monoisotopic (exact) mass is 185 g/mol. The number of amides is 1. The third-order valence-corrected chi connectivity index (χ3v) is 2.61. The number of aromatic nitrogens is 1. The maximum Gasteiger partial charge on any atom is 0.240 e. The third-order valence-electron chi connectivity index (χ3n) is 1.62. The molecule has 0 spiro atoms. The molecule has 0 aliphatic carbocycles. The number of nitrogens with one attached hydrogen (secondary N) is 1. The summed E-state index contributed by atoms with van der Waals surface area (Å²) in [5, 5.41) is 2.84. The topological polar surface area (TPSA) is 68.0 Å². The van der Waals surface area contributed by atoms with Crippen LogP contribution in [0, 0.1) is 6.92 Å². The average Bonchev–Trinajstić information content (AvgIpc) is 2.38. The van der Waals surface area contributed by atoms with Crippen LogP contribution < -0.4 is 11.1 Å². The van der Waals surface area contributed by atoms with Gasteiger partial charge in [-0.1, -0.05) is 0 Å². The summed E-state index contributed by atoms with van der Waals surface area (Å²) in [5.41, 5.74) is 7.75. The number of nitrogens with zero attached hydrogens (tertiary/aromatic N) is 1. The van der Waals surface area contributed by atoms with Crippen LogP contribution >= 0.6 is 11.3 Å². The van der Waals surface area contributed by atoms with E-state index in [0.29, 0.717) is 0 Å². The van der Waals surface area contributed by atoms with Gasteiger partial charge in [-0.25, -0.2) is 4.98 Å². The number of hydrogen-bond donors (Lipinski definition) is 2. The first-order valence-electron chi connectivity index (χ1n) is 3.53. The van der Waals surface area contributed by atoms with Crippen molar-refractivity contribution >= 4 is 17.2 Å². The SMILES string of the molecule is CNC(C(N)=O)c1scnc1C. The van der Waals surface area contributed by atoms with Crippen LogP contribution in [-0.4, -0.2) is 17.9 Å². The maximum atomic E-state index is 10.9. The molecule has 0 aromatic carbocycles. The van der Waals surface area contributed by atoms with Crippen LogP contribution in [0.15, 0.2) is 5.51 Å². The highest BCUT2D eigenvalue weighted by molar-refractivity contribution is 7.10. The zero-order valence-corrected chi connectivity index (χ0v) is 7.81. The Bertz CT molecular complexity index is 284. The lowest BCUT2D eigenvalue weighted by atomic mass is 10.2. The Morgan fingerprint density at radius 3 is 2.83 bits per heavy atom. The van der Waals surface area contributed by atoms with Crippen LogP contribution in [0.3, 0.4) is 0 Å². The van der Waals surface area contributed by atoms with Crippen molar-refractivity contribution in [1.29, 1.82) is 0 Å². The van der Waals surface area contributed by atoms with E-state index in [1.807, 2.05) is 6.92 Å². The molecule has 0 radical (unpaired) electrons. The fraction of sp³-hybridized carbons (Fsp3) is 0.429. The minimum Gasteiger partial charge on any atom is -0.368 e. The van der Waals surface area contributed by atoms with E-state index >= 15 is 0 Å². The lowest BCUT2D eigenvalue weighted by Gasteiger charge is -2.09. The van der Waals surface area contributed by atoms with Crippen LogP contribution in [0.5, 0.6) is 0 Å². The van der Waals surface area contributed by atoms with Crippen molar-refractivity contribution in [3.8, 4) is 0 Å². The van der Waals surface area contributed by atoms with E-state index in [2.05, 4.69) is 10.3 Å². The molecular weight excluding hydrogens is 174 g/mol. The van der Waals surface area contributed by atoms with Gasteiger partial charge in [-0.2, -0.15) is 0 Å². The fourth-order valence-electron chi connectivity index (χ4n) is 0.991. The Kier molecular flexibility index (Phi) is 2.78. The molecule has 0 fully saturated rings. The Balaban J connectivity index is 2.94. The van der Waals surface area contributed by atoms with Gasteiger partial charge in [-0.05, 0) is 14.0 Å². The molecule has 4 nitrogen and oxygen atoms in total. The Labute approximate surface area is 74.8 Å². The van der Waals surface area contributed by atoms with Gasteiger partial charge in [0.1, 0.15) is 6.04 Å². The normalized spacial score (nSPS) is 12.8. The molecule has 66 valence electrons. The van der Waals surface area contributed by atoms with Crippen molar-refractivity contribution in [2.24, 2.45) is 5.73 Å². The van der Waals surface area contributed by atoms with Gasteiger partial charge in [-0.15, -0.1) is 11.3 Å².